The van der Waals surface area contributed by atoms with Crippen LogP contribution in [0.3, 0.4) is 0 Å². The third-order valence-electron chi connectivity index (χ3n) is 2.01. The van der Waals surface area contributed by atoms with Crippen molar-refractivity contribution in [3.8, 4) is 0 Å². The van der Waals surface area contributed by atoms with Crippen molar-refractivity contribution in [3.63, 3.8) is 0 Å². The van der Waals surface area contributed by atoms with Crippen molar-refractivity contribution >= 4 is 7.69 Å². The Morgan fingerprint density at radius 1 is 1.25 bits per heavy atom. The quantitative estimate of drug-likeness (QED) is 0.581. The molecule has 1 aliphatic heterocycles. The summed E-state index contributed by atoms with van der Waals surface area (Å²) in [7, 11) is 1.46. The molecule has 0 aromatic carbocycles. The molecule has 0 bridgehead atoms. The standard InChI is InChI=1S/C8H17BNO2/c1-2-3-4-10-5-7-11-9-12-8-6-10/h2-8H2,1H3. The van der Waals surface area contributed by atoms with Crippen molar-refractivity contribution in [2.75, 3.05) is 32.8 Å². The third kappa shape index (κ3) is 4.09. The van der Waals surface area contributed by atoms with Gasteiger partial charge in [0.15, 0.2) is 0 Å². The minimum absolute atomic E-state index is 0.754. The van der Waals surface area contributed by atoms with Gasteiger partial charge < -0.3 is 9.31 Å². The van der Waals surface area contributed by atoms with E-state index in [9.17, 15) is 0 Å². The number of hydrogen-bond donors (Lipinski definition) is 0. The van der Waals surface area contributed by atoms with Gasteiger partial charge in [-0.1, -0.05) is 13.3 Å². The lowest BCUT2D eigenvalue weighted by atomic mass is 10.3. The summed E-state index contributed by atoms with van der Waals surface area (Å²) in [4.78, 5) is 2.39. The highest BCUT2D eigenvalue weighted by atomic mass is 16.6. The number of unbranched alkanes of at least 4 members (excludes halogenated alkanes) is 1. The lowest BCUT2D eigenvalue weighted by Gasteiger charge is -2.23. The maximum Gasteiger partial charge on any atom is 0.488 e. The molecule has 4 heteroatoms. The minimum Gasteiger partial charge on any atom is -0.412 e. The summed E-state index contributed by atoms with van der Waals surface area (Å²) in [6.07, 6.45) is 2.52. The second kappa shape index (κ2) is 6.46. The first kappa shape index (κ1) is 10.0. The molecule has 3 nitrogen and oxygen atoms in total. The molecule has 1 rings (SSSR count). The van der Waals surface area contributed by atoms with E-state index in [1.54, 1.807) is 0 Å². The van der Waals surface area contributed by atoms with Gasteiger partial charge in [-0.2, -0.15) is 0 Å². The number of rotatable bonds is 3. The van der Waals surface area contributed by atoms with Crippen LogP contribution in [-0.4, -0.2) is 45.4 Å². The van der Waals surface area contributed by atoms with E-state index in [4.69, 9.17) is 9.31 Å². The first-order valence-corrected chi connectivity index (χ1v) is 4.70. The van der Waals surface area contributed by atoms with Crippen molar-refractivity contribution in [1.29, 1.82) is 0 Å². The van der Waals surface area contributed by atoms with Crippen molar-refractivity contribution in [3.05, 3.63) is 0 Å². The summed E-state index contributed by atoms with van der Waals surface area (Å²) in [6.45, 7) is 6.95. The van der Waals surface area contributed by atoms with Gasteiger partial charge in [-0.3, -0.25) is 4.90 Å². The fourth-order valence-electron chi connectivity index (χ4n) is 1.23. The first-order chi connectivity index (χ1) is 5.93. The Morgan fingerprint density at radius 3 is 2.50 bits per heavy atom. The Hall–Kier alpha value is -0.0551. The molecule has 0 aliphatic carbocycles. The van der Waals surface area contributed by atoms with Gasteiger partial charge in [-0.05, 0) is 13.0 Å². The van der Waals surface area contributed by atoms with E-state index in [1.807, 2.05) is 0 Å². The third-order valence-corrected chi connectivity index (χ3v) is 2.01. The van der Waals surface area contributed by atoms with E-state index in [2.05, 4.69) is 11.8 Å². The summed E-state index contributed by atoms with van der Waals surface area (Å²) in [5.41, 5.74) is 0. The molecular weight excluding hydrogens is 153 g/mol. The first-order valence-electron chi connectivity index (χ1n) is 4.70. The van der Waals surface area contributed by atoms with E-state index in [-0.39, 0.29) is 0 Å². The molecule has 0 aromatic rings. The van der Waals surface area contributed by atoms with Gasteiger partial charge in [0, 0.05) is 26.3 Å². The van der Waals surface area contributed by atoms with Gasteiger partial charge in [0.25, 0.3) is 0 Å². The summed E-state index contributed by atoms with van der Waals surface area (Å²) in [5, 5.41) is 0. The fraction of sp³-hybridized carbons (Fsp3) is 1.00. The van der Waals surface area contributed by atoms with Crippen molar-refractivity contribution in [2.24, 2.45) is 0 Å². The molecule has 1 aliphatic rings. The van der Waals surface area contributed by atoms with Crippen LogP contribution < -0.4 is 0 Å². The van der Waals surface area contributed by atoms with E-state index >= 15 is 0 Å². The number of hydrogen-bond acceptors (Lipinski definition) is 3. The zero-order chi connectivity index (χ0) is 8.65. The monoisotopic (exact) mass is 170 g/mol. The predicted molar refractivity (Wildman–Crippen MR) is 49.0 cm³/mol. The van der Waals surface area contributed by atoms with E-state index in [1.165, 1.54) is 27.1 Å². The lowest BCUT2D eigenvalue weighted by molar-refractivity contribution is 0.124. The molecule has 0 spiro atoms. The van der Waals surface area contributed by atoms with Gasteiger partial charge in [-0.25, -0.2) is 0 Å². The Balaban J connectivity index is 2.11. The SMILES string of the molecule is CCCCN1CCO[B]OCC1. The number of nitrogens with zero attached hydrogens (tertiary/aromatic N) is 1. The molecular formula is C8H17BNO2. The predicted octanol–water partition coefficient (Wildman–Crippen LogP) is 0.669. The zero-order valence-corrected chi connectivity index (χ0v) is 7.79. The molecule has 1 radical (unpaired) electrons. The normalized spacial score (nSPS) is 21.1. The van der Waals surface area contributed by atoms with Gasteiger partial charge in [0.1, 0.15) is 0 Å². The molecule has 0 N–H and O–H groups in total. The highest BCUT2D eigenvalue weighted by molar-refractivity contribution is 6.17. The van der Waals surface area contributed by atoms with Crippen LogP contribution in [-0.2, 0) is 9.31 Å². The highest BCUT2D eigenvalue weighted by Crippen LogP contribution is 1.97. The van der Waals surface area contributed by atoms with Gasteiger partial charge in [0.05, 0.1) is 0 Å². The van der Waals surface area contributed by atoms with Gasteiger partial charge in [-0.15, -0.1) is 0 Å². The van der Waals surface area contributed by atoms with Crippen LogP contribution in [0.25, 0.3) is 0 Å². The molecule has 1 fully saturated rings. The summed E-state index contributed by atoms with van der Waals surface area (Å²) < 4.78 is 10.2. The molecule has 0 amide bonds. The Bertz CT molecular complexity index is 102. The van der Waals surface area contributed by atoms with Crippen LogP contribution in [0, 0.1) is 0 Å². The van der Waals surface area contributed by atoms with E-state index in [0.717, 1.165) is 26.3 Å². The minimum atomic E-state index is 0.754. The molecule has 69 valence electrons. The second-order valence-electron chi connectivity index (χ2n) is 3.03. The van der Waals surface area contributed by atoms with Crippen LogP contribution >= 0.6 is 0 Å². The van der Waals surface area contributed by atoms with Crippen LogP contribution in [0.1, 0.15) is 19.8 Å². The van der Waals surface area contributed by atoms with Crippen LogP contribution in [0.5, 0.6) is 0 Å². The van der Waals surface area contributed by atoms with Gasteiger partial charge >= 0.3 is 7.69 Å². The maximum absolute atomic E-state index is 5.10. The van der Waals surface area contributed by atoms with E-state index in [0.29, 0.717) is 0 Å². The van der Waals surface area contributed by atoms with Crippen molar-refractivity contribution < 1.29 is 9.31 Å². The molecule has 0 saturated carbocycles. The fourth-order valence-corrected chi connectivity index (χ4v) is 1.23. The molecule has 1 saturated heterocycles. The molecule has 12 heavy (non-hydrogen) atoms. The molecule has 0 atom stereocenters. The van der Waals surface area contributed by atoms with Crippen LogP contribution in [0.4, 0.5) is 0 Å². The molecule has 0 aromatic heterocycles. The lowest BCUT2D eigenvalue weighted by Crippen LogP contribution is -2.35. The smallest absolute Gasteiger partial charge is 0.412 e. The topological polar surface area (TPSA) is 21.7 Å². The average Bonchev–Trinajstić information content (AvgIpc) is 2.02. The van der Waals surface area contributed by atoms with Crippen molar-refractivity contribution in [2.45, 2.75) is 19.8 Å². The Kier molecular flexibility index (Phi) is 5.40. The largest absolute Gasteiger partial charge is 0.488 e. The van der Waals surface area contributed by atoms with Crippen LogP contribution in [0.15, 0.2) is 0 Å². The van der Waals surface area contributed by atoms with E-state index < -0.39 is 0 Å². The Morgan fingerprint density at radius 2 is 1.92 bits per heavy atom. The molecule has 1 heterocycles. The van der Waals surface area contributed by atoms with Crippen molar-refractivity contribution in [1.82, 2.24) is 4.90 Å². The maximum atomic E-state index is 5.10. The molecule has 0 unspecified atom stereocenters. The summed E-state index contributed by atoms with van der Waals surface area (Å²) >= 11 is 0. The zero-order valence-electron chi connectivity index (χ0n) is 7.79. The second-order valence-corrected chi connectivity index (χ2v) is 3.03. The summed E-state index contributed by atoms with van der Waals surface area (Å²) in [5.74, 6) is 0. The van der Waals surface area contributed by atoms with Gasteiger partial charge in [0.2, 0.25) is 0 Å². The average molecular weight is 170 g/mol. The summed E-state index contributed by atoms with van der Waals surface area (Å²) in [6, 6.07) is 0. The van der Waals surface area contributed by atoms with Crippen LogP contribution in [0.2, 0.25) is 0 Å². The highest BCUT2D eigenvalue weighted by Gasteiger charge is 2.07. The Labute approximate surface area is 75.3 Å².